The van der Waals surface area contributed by atoms with Gasteiger partial charge in [-0.15, -0.1) is 0 Å². The van der Waals surface area contributed by atoms with E-state index in [-0.39, 0.29) is 11.8 Å². The smallest absolute Gasteiger partial charge is 0.251 e. The molecule has 0 aromatic heterocycles. The zero-order chi connectivity index (χ0) is 16.9. The summed E-state index contributed by atoms with van der Waals surface area (Å²) in [5.74, 6) is 0.105. The Morgan fingerprint density at radius 3 is 2.08 bits per heavy atom. The van der Waals surface area contributed by atoms with Crippen molar-refractivity contribution in [2.75, 3.05) is 7.05 Å². The van der Waals surface area contributed by atoms with Crippen LogP contribution in [0, 0.1) is 0 Å². The van der Waals surface area contributed by atoms with E-state index in [9.17, 15) is 4.79 Å². The third-order valence-corrected chi connectivity index (χ3v) is 4.40. The number of hydrogen-bond donors (Lipinski definition) is 1. The van der Waals surface area contributed by atoms with Gasteiger partial charge in [-0.05, 0) is 28.3 Å². The molecular weight excluding hydrogens is 294 g/mol. The van der Waals surface area contributed by atoms with Crippen molar-refractivity contribution in [3.05, 3.63) is 95.6 Å². The average Bonchev–Trinajstić information content (AvgIpc) is 2.67. The minimum atomic E-state index is -0.0504. The quantitative estimate of drug-likeness (QED) is 0.731. The molecule has 1 amide bonds. The molecule has 0 spiro atoms. The molecule has 3 rings (SSSR count). The van der Waals surface area contributed by atoms with E-state index in [1.54, 1.807) is 7.05 Å². The van der Waals surface area contributed by atoms with E-state index in [1.807, 2.05) is 42.5 Å². The maximum absolute atomic E-state index is 12.4. The van der Waals surface area contributed by atoms with Crippen molar-refractivity contribution in [3.63, 3.8) is 0 Å². The van der Waals surface area contributed by atoms with Crippen LogP contribution in [-0.4, -0.2) is 13.0 Å². The SMILES string of the molecule is CNC(=O)c1cc(-c2ccccc2)ccc1C(C)c1ccccc1. The molecule has 0 bridgehead atoms. The number of benzene rings is 3. The first-order chi connectivity index (χ1) is 11.7. The van der Waals surface area contributed by atoms with Gasteiger partial charge in [0.2, 0.25) is 0 Å². The fourth-order valence-electron chi connectivity index (χ4n) is 3.00. The highest BCUT2D eigenvalue weighted by molar-refractivity contribution is 5.97. The maximum atomic E-state index is 12.4. The van der Waals surface area contributed by atoms with Gasteiger partial charge in [0.1, 0.15) is 0 Å². The summed E-state index contributed by atoms with van der Waals surface area (Å²) in [7, 11) is 1.68. The lowest BCUT2D eigenvalue weighted by atomic mass is 9.87. The van der Waals surface area contributed by atoms with Crippen molar-refractivity contribution < 1.29 is 4.79 Å². The summed E-state index contributed by atoms with van der Waals surface area (Å²) in [6, 6.07) is 26.6. The van der Waals surface area contributed by atoms with Gasteiger partial charge in [0, 0.05) is 18.5 Å². The second kappa shape index (κ2) is 7.14. The molecule has 3 aromatic rings. The summed E-state index contributed by atoms with van der Waals surface area (Å²) >= 11 is 0. The largest absolute Gasteiger partial charge is 0.355 e. The fraction of sp³-hybridized carbons (Fsp3) is 0.136. The molecule has 0 saturated heterocycles. The van der Waals surface area contributed by atoms with Gasteiger partial charge in [0.15, 0.2) is 0 Å². The van der Waals surface area contributed by atoms with E-state index in [4.69, 9.17) is 0 Å². The highest BCUT2D eigenvalue weighted by atomic mass is 16.1. The second-order valence-corrected chi connectivity index (χ2v) is 5.88. The molecule has 120 valence electrons. The molecule has 2 heteroatoms. The van der Waals surface area contributed by atoms with Crippen molar-refractivity contribution in [1.29, 1.82) is 0 Å². The van der Waals surface area contributed by atoms with Gasteiger partial charge in [-0.2, -0.15) is 0 Å². The van der Waals surface area contributed by atoms with Crippen LogP contribution in [0.2, 0.25) is 0 Å². The monoisotopic (exact) mass is 315 g/mol. The van der Waals surface area contributed by atoms with Crippen molar-refractivity contribution in [2.24, 2.45) is 0 Å². The number of carbonyl (C=O) groups excluding carboxylic acids is 1. The Kier molecular flexibility index (Phi) is 4.76. The van der Waals surface area contributed by atoms with E-state index in [0.717, 1.165) is 22.3 Å². The van der Waals surface area contributed by atoms with Gasteiger partial charge in [-0.25, -0.2) is 0 Å². The van der Waals surface area contributed by atoms with Gasteiger partial charge < -0.3 is 5.32 Å². The van der Waals surface area contributed by atoms with Gasteiger partial charge in [0.05, 0.1) is 0 Å². The zero-order valence-electron chi connectivity index (χ0n) is 14.0. The molecule has 3 aromatic carbocycles. The molecule has 0 aliphatic carbocycles. The average molecular weight is 315 g/mol. The highest BCUT2D eigenvalue weighted by Gasteiger charge is 2.17. The number of amides is 1. The first-order valence-electron chi connectivity index (χ1n) is 8.17. The molecule has 1 unspecified atom stereocenters. The second-order valence-electron chi connectivity index (χ2n) is 5.88. The summed E-state index contributed by atoms with van der Waals surface area (Å²) in [4.78, 5) is 12.4. The van der Waals surface area contributed by atoms with Crippen molar-refractivity contribution in [3.8, 4) is 11.1 Å². The Hall–Kier alpha value is -2.87. The van der Waals surface area contributed by atoms with E-state index < -0.39 is 0 Å². The van der Waals surface area contributed by atoms with Gasteiger partial charge in [-0.1, -0.05) is 79.7 Å². The normalized spacial score (nSPS) is 11.8. The number of rotatable bonds is 4. The lowest BCUT2D eigenvalue weighted by molar-refractivity contribution is 0.0962. The molecule has 0 radical (unpaired) electrons. The summed E-state index contributed by atoms with van der Waals surface area (Å²) in [5.41, 5.74) is 5.14. The van der Waals surface area contributed by atoms with Crippen LogP contribution in [0.15, 0.2) is 78.9 Å². The first-order valence-corrected chi connectivity index (χ1v) is 8.17. The van der Waals surface area contributed by atoms with E-state index in [1.165, 1.54) is 5.56 Å². The van der Waals surface area contributed by atoms with Crippen molar-refractivity contribution in [2.45, 2.75) is 12.8 Å². The summed E-state index contributed by atoms with van der Waals surface area (Å²) in [6.07, 6.45) is 0. The Morgan fingerprint density at radius 1 is 0.833 bits per heavy atom. The zero-order valence-corrected chi connectivity index (χ0v) is 14.0. The molecule has 0 heterocycles. The molecule has 24 heavy (non-hydrogen) atoms. The lowest BCUT2D eigenvalue weighted by Gasteiger charge is -2.17. The van der Waals surface area contributed by atoms with Crippen LogP contribution < -0.4 is 5.32 Å². The maximum Gasteiger partial charge on any atom is 0.251 e. The number of nitrogens with one attached hydrogen (secondary N) is 1. The standard InChI is InChI=1S/C22H21NO/c1-16(17-9-5-3-6-10-17)20-14-13-19(15-21(20)22(24)23-2)18-11-7-4-8-12-18/h3-16H,1-2H3,(H,23,24). The highest BCUT2D eigenvalue weighted by Crippen LogP contribution is 2.30. The van der Waals surface area contributed by atoms with Crippen LogP contribution >= 0.6 is 0 Å². The van der Waals surface area contributed by atoms with Gasteiger partial charge in [0.25, 0.3) is 5.91 Å². The minimum absolute atomic E-state index is 0.0504. The molecular formula is C22H21NO. The van der Waals surface area contributed by atoms with Crippen LogP contribution in [0.3, 0.4) is 0 Å². The van der Waals surface area contributed by atoms with E-state index in [0.29, 0.717) is 0 Å². The lowest BCUT2D eigenvalue weighted by Crippen LogP contribution is -2.20. The molecule has 1 atom stereocenters. The van der Waals surface area contributed by atoms with Crippen LogP contribution in [0.1, 0.15) is 34.3 Å². The van der Waals surface area contributed by atoms with Crippen LogP contribution in [-0.2, 0) is 0 Å². The summed E-state index contributed by atoms with van der Waals surface area (Å²) < 4.78 is 0. The Bertz CT molecular complexity index is 825. The molecule has 0 saturated carbocycles. The third-order valence-electron chi connectivity index (χ3n) is 4.40. The van der Waals surface area contributed by atoms with E-state index >= 15 is 0 Å². The van der Waals surface area contributed by atoms with Crippen LogP contribution in [0.4, 0.5) is 0 Å². The first kappa shape index (κ1) is 16.0. The Labute approximate surface area is 143 Å². The van der Waals surface area contributed by atoms with Crippen LogP contribution in [0.5, 0.6) is 0 Å². The Morgan fingerprint density at radius 2 is 1.46 bits per heavy atom. The topological polar surface area (TPSA) is 29.1 Å². The molecule has 0 fully saturated rings. The Balaban J connectivity index is 2.08. The summed E-state index contributed by atoms with van der Waals surface area (Å²) in [6.45, 7) is 2.14. The predicted octanol–water partition coefficient (Wildman–Crippen LogP) is 4.87. The molecule has 0 aliphatic rings. The van der Waals surface area contributed by atoms with Crippen molar-refractivity contribution >= 4 is 5.91 Å². The number of hydrogen-bond acceptors (Lipinski definition) is 1. The fourth-order valence-corrected chi connectivity index (χ4v) is 3.00. The third kappa shape index (κ3) is 3.23. The molecule has 2 nitrogen and oxygen atoms in total. The summed E-state index contributed by atoms with van der Waals surface area (Å²) in [5, 5.41) is 2.77. The number of carbonyl (C=O) groups is 1. The minimum Gasteiger partial charge on any atom is -0.355 e. The van der Waals surface area contributed by atoms with Crippen LogP contribution in [0.25, 0.3) is 11.1 Å². The molecule has 1 N–H and O–H groups in total. The molecule has 0 aliphatic heterocycles. The van der Waals surface area contributed by atoms with E-state index in [2.05, 4.69) is 48.6 Å². The van der Waals surface area contributed by atoms with Gasteiger partial charge in [-0.3, -0.25) is 4.79 Å². The van der Waals surface area contributed by atoms with Gasteiger partial charge >= 0.3 is 0 Å². The van der Waals surface area contributed by atoms with Crippen molar-refractivity contribution in [1.82, 2.24) is 5.32 Å². The predicted molar refractivity (Wildman–Crippen MR) is 99.2 cm³/mol.